The van der Waals surface area contributed by atoms with E-state index in [0.29, 0.717) is 25.2 Å². The van der Waals surface area contributed by atoms with E-state index in [1.165, 1.54) is 5.01 Å². The van der Waals surface area contributed by atoms with Gasteiger partial charge in [0.05, 0.1) is 49.2 Å². The fourth-order valence-electron chi connectivity index (χ4n) is 5.78. The van der Waals surface area contributed by atoms with Crippen molar-refractivity contribution in [3.8, 4) is 0 Å². The Morgan fingerprint density at radius 2 is 1.95 bits per heavy atom. The summed E-state index contributed by atoms with van der Waals surface area (Å²) in [6.45, 7) is 4.09. The van der Waals surface area contributed by atoms with E-state index >= 15 is 0 Å². The van der Waals surface area contributed by atoms with Crippen LogP contribution in [0.3, 0.4) is 0 Å². The van der Waals surface area contributed by atoms with Crippen LogP contribution in [-0.2, 0) is 25.6 Å². The van der Waals surface area contributed by atoms with E-state index < -0.39 is 6.09 Å². The fourth-order valence-corrected chi connectivity index (χ4v) is 6.59. The average Bonchev–Trinajstić information content (AvgIpc) is 3.50. The molecule has 0 spiro atoms. The monoisotopic (exact) mass is 528 g/mol. The molecule has 3 heterocycles. The molecule has 202 valence electrons. The Morgan fingerprint density at radius 1 is 1.16 bits per heavy atom. The highest BCUT2D eigenvalue weighted by Crippen LogP contribution is 2.43. The predicted octanol–water partition coefficient (Wildman–Crippen LogP) is 5.85. The van der Waals surface area contributed by atoms with E-state index in [0.717, 1.165) is 63.5 Å². The number of carbonyl (C=O) groups is 1. The minimum absolute atomic E-state index is 0.108. The summed E-state index contributed by atoms with van der Waals surface area (Å²) in [5, 5.41) is 6.33. The van der Waals surface area contributed by atoms with Crippen LogP contribution in [0.5, 0.6) is 0 Å². The average molecular weight is 529 g/mol. The molecule has 4 fully saturated rings. The number of aromatic nitrogens is 1. The van der Waals surface area contributed by atoms with E-state index in [-0.39, 0.29) is 30.3 Å². The molecule has 2 atom stereocenters. The van der Waals surface area contributed by atoms with Crippen molar-refractivity contribution in [2.24, 2.45) is 5.41 Å². The van der Waals surface area contributed by atoms with Crippen molar-refractivity contribution in [1.29, 1.82) is 0 Å². The van der Waals surface area contributed by atoms with Crippen molar-refractivity contribution in [3.05, 3.63) is 52.5 Å². The van der Waals surface area contributed by atoms with Gasteiger partial charge in [-0.1, -0.05) is 30.3 Å². The Labute approximate surface area is 224 Å². The number of benzene rings is 1. The number of nitrogens with one attached hydrogen (secondary N) is 1. The van der Waals surface area contributed by atoms with Gasteiger partial charge >= 0.3 is 6.09 Å². The molecule has 37 heavy (non-hydrogen) atoms. The molecule has 1 amide bonds. The largest absolute Gasteiger partial charge is 0.445 e. The maximum absolute atomic E-state index is 12.7. The van der Waals surface area contributed by atoms with Crippen LogP contribution in [0.15, 0.2) is 41.9 Å². The van der Waals surface area contributed by atoms with E-state index in [9.17, 15) is 4.79 Å². The first-order valence-electron chi connectivity index (χ1n) is 13.8. The molecule has 2 saturated heterocycles. The third-order valence-corrected chi connectivity index (χ3v) is 9.28. The lowest BCUT2D eigenvalue weighted by atomic mass is 9.72. The molecule has 7 nitrogen and oxygen atoms in total. The van der Waals surface area contributed by atoms with Gasteiger partial charge in [0.2, 0.25) is 0 Å². The van der Waals surface area contributed by atoms with Gasteiger partial charge in [0.25, 0.3) is 0 Å². The summed E-state index contributed by atoms with van der Waals surface area (Å²) in [5.41, 5.74) is 1.06. The number of alkyl carbamates (subject to hydrolysis) is 1. The first-order valence-corrected chi connectivity index (χ1v) is 14.7. The van der Waals surface area contributed by atoms with Crippen LogP contribution < -0.4 is 5.32 Å². The Hall–Kier alpha value is -2.00. The summed E-state index contributed by atoms with van der Waals surface area (Å²) in [6.07, 6.45) is 10.6. The highest BCUT2D eigenvalue weighted by Gasteiger charge is 2.42. The molecule has 2 aromatic rings. The molecule has 1 N–H and O–H groups in total. The normalized spacial score (nSPS) is 28.9. The summed E-state index contributed by atoms with van der Waals surface area (Å²) in [7, 11) is 0. The van der Waals surface area contributed by atoms with E-state index in [4.69, 9.17) is 18.9 Å². The number of fused-ring (bicyclic) bond motifs is 3. The highest BCUT2D eigenvalue weighted by atomic mass is 32.1. The summed E-state index contributed by atoms with van der Waals surface area (Å²) < 4.78 is 24.2. The van der Waals surface area contributed by atoms with Gasteiger partial charge in [0.15, 0.2) is 0 Å². The van der Waals surface area contributed by atoms with E-state index in [2.05, 4.69) is 15.7 Å². The number of carbonyl (C=O) groups excluding carboxylic acids is 1. The zero-order valence-electron chi connectivity index (χ0n) is 21.8. The number of ether oxygens (including phenoxy) is 4. The maximum atomic E-state index is 12.7. The number of thiazole rings is 1. The second-order valence-corrected chi connectivity index (χ2v) is 11.9. The summed E-state index contributed by atoms with van der Waals surface area (Å²) in [4.78, 5) is 17.2. The molecule has 4 aliphatic rings. The Kier molecular flexibility index (Phi) is 9.13. The summed E-state index contributed by atoms with van der Waals surface area (Å²) >= 11 is 1.75. The lowest BCUT2D eigenvalue weighted by molar-refractivity contribution is -0.152. The van der Waals surface area contributed by atoms with Crippen molar-refractivity contribution in [3.63, 3.8) is 0 Å². The SMILES string of the molecule is C[C@@H](OCC12CCC(CC1)OC2)[C@@H](COC1CCC(c2nccs2)CC1)NC(=O)OCc1ccccc1. The van der Waals surface area contributed by atoms with Crippen LogP contribution in [-0.4, -0.2) is 55.3 Å². The van der Waals surface area contributed by atoms with Gasteiger partial charge < -0.3 is 24.3 Å². The molecule has 2 bridgehead atoms. The molecule has 0 unspecified atom stereocenters. The van der Waals surface area contributed by atoms with Crippen LogP contribution in [0.25, 0.3) is 0 Å². The number of nitrogens with zero attached hydrogens (tertiary/aromatic N) is 1. The van der Waals surface area contributed by atoms with Gasteiger partial charge in [0.1, 0.15) is 6.61 Å². The standard InChI is InChI=1S/C29H40N2O5S/c1-21(35-19-29-13-11-25(12-14-29)36-20-29)26(31-28(32)34-17-22-5-3-2-4-6-22)18-33-24-9-7-23(8-10-24)27-30-15-16-37-27/h2-6,15-16,21,23-26H,7-14,17-20H2,1H3,(H,31,32)/t21-,23?,24?,25?,26-,29?/m1/s1. The fraction of sp³-hybridized carbons (Fsp3) is 0.655. The Morgan fingerprint density at radius 3 is 2.62 bits per heavy atom. The number of rotatable bonds is 11. The Bertz CT molecular complexity index is 942. The molecule has 2 aliphatic carbocycles. The molecule has 1 aromatic carbocycles. The Balaban J connectivity index is 1.13. The number of hydrogen-bond donors (Lipinski definition) is 1. The van der Waals surface area contributed by atoms with Crippen LogP contribution in [0, 0.1) is 5.41 Å². The molecule has 1 aromatic heterocycles. The van der Waals surface area contributed by atoms with Gasteiger partial charge in [-0.15, -0.1) is 11.3 Å². The first kappa shape index (κ1) is 26.6. The predicted molar refractivity (Wildman–Crippen MR) is 143 cm³/mol. The molecule has 0 radical (unpaired) electrons. The molecule has 8 heteroatoms. The smallest absolute Gasteiger partial charge is 0.407 e. The van der Waals surface area contributed by atoms with E-state index in [1.54, 1.807) is 11.3 Å². The van der Waals surface area contributed by atoms with Crippen molar-refractivity contribution in [2.75, 3.05) is 19.8 Å². The maximum Gasteiger partial charge on any atom is 0.407 e. The minimum Gasteiger partial charge on any atom is -0.445 e. The summed E-state index contributed by atoms with van der Waals surface area (Å²) in [6, 6.07) is 9.42. The van der Waals surface area contributed by atoms with Crippen molar-refractivity contribution in [2.45, 2.75) is 95.2 Å². The van der Waals surface area contributed by atoms with Gasteiger partial charge in [-0.2, -0.15) is 0 Å². The zero-order valence-corrected chi connectivity index (χ0v) is 22.6. The quantitative estimate of drug-likeness (QED) is 0.394. The molecule has 2 saturated carbocycles. The van der Waals surface area contributed by atoms with E-state index in [1.807, 2.05) is 43.5 Å². The van der Waals surface area contributed by atoms with Crippen molar-refractivity contribution in [1.82, 2.24) is 10.3 Å². The van der Waals surface area contributed by atoms with Gasteiger partial charge in [-0.25, -0.2) is 9.78 Å². The second kappa shape index (κ2) is 12.7. The highest BCUT2D eigenvalue weighted by molar-refractivity contribution is 7.09. The topological polar surface area (TPSA) is 78.9 Å². The third-order valence-electron chi connectivity index (χ3n) is 8.34. The molecular weight excluding hydrogens is 488 g/mol. The van der Waals surface area contributed by atoms with Gasteiger partial charge in [-0.3, -0.25) is 0 Å². The zero-order chi connectivity index (χ0) is 25.5. The lowest BCUT2D eigenvalue weighted by Crippen LogP contribution is -2.50. The minimum atomic E-state index is -0.444. The first-order chi connectivity index (χ1) is 18.1. The van der Waals surface area contributed by atoms with Gasteiger partial charge in [0, 0.05) is 22.9 Å². The number of hydrogen-bond acceptors (Lipinski definition) is 7. The third kappa shape index (κ3) is 7.31. The van der Waals surface area contributed by atoms with Crippen LogP contribution in [0.4, 0.5) is 4.79 Å². The molecule has 2 aliphatic heterocycles. The molecule has 6 rings (SSSR count). The van der Waals surface area contributed by atoms with Crippen molar-refractivity contribution < 1.29 is 23.7 Å². The van der Waals surface area contributed by atoms with Crippen LogP contribution in [0.1, 0.15) is 74.8 Å². The van der Waals surface area contributed by atoms with Crippen LogP contribution in [0.2, 0.25) is 0 Å². The van der Waals surface area contributed by atoms with Gasteiger partial charge in [-0.05, 0) is 63.9 Å². The second-order valence-electron chi connectivity index (χ2n) is 11.0. The van der Waals surface area contributed by atoms with Crippen LogP contribution >= 0.6 is 11.3 Å². The summed E-state index contributed by atoms with van der Waals surface area (Å²) in [5.74, 6) is 0.538. The number of amides is 1. The molecular formula is C29H40N2O5S. The van der Waals surface area contributed by atoms with Crippen molar-refractivity contribution >= 4 is 17.4 Å². The lowest BCUT2D eigenvalue weighted by Gasteiger charge is -2.46.